The summed E-state index contributed by atoms with van der Waals surface area (Å²) in [5, 5.41) is 0.733. The van der Waals surface area contributed by atoms with Crippen molar-refractivity contribution in [3.8, 4) is 5.75 Å². The first-order valence-electron chi connectivity index (χ1n) is 13.3. The van der Waals surface area contributed by atoms with Gasteiger partial charge in [-0.3, -0.25) is 9.69 Å². The molecule has 0 bridgehead atoms. The topological polar surface area (TPSA) is 37.7 Å². The summed E-state index contributed by atoms with van der Waals surface area (Å²) in [6, 6.07) is 20.7. The molecule has 6 heteroatoms. The van der Waals surface area contributed by atoms with Crippen molar-refractivity contribution in [1.29, 1.82) is 0 Å². The lowest BCUT2D eigenvalue weighted by Gasteiger charge is -2.43. The van der Waals surface area contributed by atoms with Gasteiger partial charge in [0, 0.05) is 61.5 Å². The van der Waals surface area contributed by atoms with E-state index in [1.165, 1.54) is 5.69 Å². The number of hydrogen-bond acceptors (Lipinski definition) is 3. The van der Waals surface area contributed by atoms with Crippen molar-refractivity contribution >= 4 is 17.5 Å². The number of amides is 1. The van der Waals surface area contributed by atoms with Crippen molar-refractivity contribution < 1.29 is 9.53 Å². The molecule has 1 fully saturated rings. The van der Waals surface area contributed by atoms with Gasteiger partial charge in [0.15, 0.2) is 0 Å². The van der Waals surface area contributed by atoms with E-state index in [0.29, 0.717) is 25.6 Å². The molecule has 0 N–H and O–H groups in total. The Kier molecular flexibility index (Phi) is 8.99. The molecule has 37 heavy (non-hydrogen) atoms. The third-order valence-corrected chi connectivity index (χ3v) is 7.86. The lowest BCUT2D eigenvalue weighted by Crippen LogP contribution is -2.48. The van der Waals surface area contributed by atoms with Gasteiger partial charge in [-0.2, -0.15) is 0 Å². The van der Waals surface area contributed by atoms with E-state index >= 15 is 0 Å². The normalized spacial score (nSPS) is 18.2. The van der Waals surface area contributed by atoms with Crippen LogP contribution in [0.4, 0.5) is 0 Å². The summed E-state index contributed by atoms with van der Waals surface area (Å²) in [6.45, 7) is 10.3. The van der Waals surface area contributed by atoms with E-state index in [2.05, 4.69) is 53.8 Å². The van der Waals surface area contributed by atoms with Gasteiger partial charge in [0.05, 0.1) is 6.61 Å². The van der Waals surface area contributed by atoms with Gasteiger partial charge < -0.3 is 14.2 Å². The fourth-order valence-electron chi connectivity index (χ4n) is 5.40. The van der Waals surface area contributed by atoms with Gasteiger partial charge in [-0.05, 0) is 81.6 Å². The maximum atomic E-state index is 13.5. The standard InChI is InChI=1S/C31H40ClN3O2/c1-24(2)35-17-8-12-27(35)21-34-16-9-15-31(22-34,23-37-28-13-14-29(32)25(3)18-28)19-30(36)33(4)20-26-10-6-5-7-11-26/h5-8,10-14,17-18,24H,9,15-16,19-23H2,1-4H3/t31-/m0/s1. The average molecular weight is 522 g/mol. The first-order chi connectivity index (χ1) is 17.7. The molecule has 4 rings (SSSR count). The Morgan fingerprint density at radius 1 is 1.14 bits per heavy atom. The van der Waals surface area contributed by atoms with Crippen molar-refractivity contribution in [2.75, 3.05) is 26.7 Å². The Labute approximate surface area is 227 Å². The SMILES string of the molecule is Cc1cc(OC[C@]2(CC(=O)N(C)Cc3ccccc3)CCCN(Cc3cccn3C(C)C)C2)ccc1Cl. The zero-order valence-electron chi connectivity index (χ0n) is 22.6. The number of nitrogens with zero attached hydrogens (tertiary/aromatic N) is 3. The van der Waals surface area contributed by atoms with Gasteiger partial charge in [-0.15, -0.1) is 0 Å². The van der Waals surface area contributed by atoms with Crippen LogP contribution in [0.2, 0.25) is 5.02 Å². The van der Waals surface area contributed by atoms with E-state index < -0.39 is 0 Å². The lowest BCUT2D eigenvalue weighted by atomic mass is 9.77. The fourth-order valence-corrected chi connectivity index (χ4v) is 5.52. The molecule has 0 radical (unpaired) electrons. The third kappa shape index (κ3) is 7.18. The first-order valence-corrected chi connectivity index (χ1v) is 13.7. The van der Waals surface area contributed by atoms with Crippen LogP contribution in [-0.2, 0) is 17.9 Å². The summed E-state index contributed by atoms with van der Waals surface area (Å²) in [4.78, 5) is 17.9. The molecular weight excluding hydrogens is 482 g/mol. The molecule has 2 aromatic carbocycles. The Bertz CT molecular complexity index is 1180. The van der Waals surface area contributed by atoms with Crippen LogP contribution in [0.1, 0.15) is 56.0 Å². The number of hydrogen-bond donors (Lipinski definition) is 0. The number of carbonyl (C=O) groups is 1. The van der Waals surface area contributed by atoms with E-state index in [1.807, 2.05) is 55.3 Å². The molecular formula is C31H40ClN3O2. The second-order valence-electron chi connectivity index (χ2n) is 10.9. The number of ether oxygens (including phenoxy) is 1. The van der Waals surface area contributed by atoms with Gasteiger partial charge >= 0.3 is 0 Å². The Morgan fingerprint density at radius 2 is 1.92 bits per heavy atom. The number of carbonyl (C=O) groups excluding carboxylic acids is 1. The van der Waals surface area contributed by atoms with Crippen LogP contribution in [0.15, 0.2) is 66.9 Å². The molecule has 1 aliphatic rings. The third-order valence-electron chi connectivity index (χ3n) is 7.44. The Balaban J connectivity index is 1.51. The molecule has 198 valence electrons. The molecule has 1 atom stereocenters. The minimum Gasteiger partial charge on any atom is -0.493 e. The van der Waals surface area contributed by atoms with E-state index in [9.17, 15) is 4.79 Å². The van der Waals surface area contributed by atoms with Crippen LogP contribution in [0.25, 0.3) is 0 Å². The van der Waals surface area contributed by atoms with Crippen molar-refractivity contribution in [3.63, 3.8) is 0 Å². The quantitative estimate of drug-likeness (QED) is 0.296. The number of aromatic nitrogens is 1. The van der Waals surface area contributed by atoms with Crippen LogP contribution in [0.3, 0.4) is 0 Å². The maximum absolute atomic E-state index is 13.5. The zero-order valence-corrected chi connectivity index (χ0v) is 23.4. The molecule has 2 heterocycles. The van der Waals surface area contributed by atoms with Gasteiger partial charge in [0.2, 0.25) is 5.91 Å². The maximum Gasteiger partial charge on any atom is 0.223 e. The number of halogens is 1. The highest BCUT2D eigenvalue weighted by Gasteiger charge is 2.39. The van der Waals surface area contributed by atoms with E-state index in [-0.39, 0.29) is 11.3 Å². The second-order valence-corrected chi connectivity index (χ2v) is 11.3. The largest absolute Gasteiger partial charge is 0.493 e. The molecule has 1 saturated heterocycles. The molecule has 0 spiro atoms. The Hall–Kier alpha value is -2.76. The number of aryl methyl sites for hydroxylation is 1. The molecule has 0 saturated carbocycles. The van der Waals surface area contributed by atoms with Gasteiger partial charge in [0.1, 0.15) is 5.75 Å². The predicted molar refractivity (Wildman–Crippen MR) is 151 cm³/mol. The van der Waals surface area contributed by atoms with Gasteiger partial charge in [-0.25, -0.2) is 0 Å². The monoisotopic (exact) mass is 521 g/mol. The number of likely N-dealkylation sites (tertiary alicyclic amines) is 1. The van der Waals surface area contributed by atoms with Gasteiger partial charge in [0.25, 0.3) is 0 Å². The van der Waals surface area contributed by atoms with Crippen molar-refractivity contribution in [1.82, 2.24) is 14.4 Å². The summed E-state index contributed by atoms with van der Waals surface area (Å²) < 4.78 is 8.70. The van der Waals surface area contributed by atoms with Crippen LogP contribution >= 0.6 is 11.6 Å². The van der Waals surface area contributed by atoms with Crippen LogP contribution in [0, 0.1) is 12.3 Å². The molecule has 1 amide bonds. The molecule has 0 unspecified atom stereocenters. The fraction of sp³-hybridized carbons (Fsp3) is 0.452. The molecule has 5 nitrogen and oxygen atoms in total. The van der Waals surface area contributed by atoms with E-state index in [0.717, 1.165) is 54.4 Å². The average Bonchev–Trinajstić information content (AvgIpc) is 3.34. The summed E-state index contributed by atoms with van der Waals surface area (Å²) in [5.41, 5.74) is 3.18. The van der Waals surface area contributed by atoms with Crippen molar-refractivity contribution in [2.24, 2.45) is 5.41 Å². The van der Waals surface area contributed by atoms with Gasteiger partial charge in [-0.1, -0.05) is 41.9 Å². The van der Waals surface area contributed by atoms with E-state index in [4.69, 9.17) is 16.3 Å². The number of piperidine rings is 1. The summed E-state index contributed by atoms with van der Waals surface area (Å²) in [5.74, 6) is 0.962. The molecule has 1 aliphatic heterocycles. The minimum absolute atomic E-state index is 0.159. The molecule has 3 aromatic rings. The molecule has 1 aromatic heterocycles. The summed E-state index contributed by atoms with van der Waals surface area (Å²) >= 11 is 6.23. The highest BCUT2D eigenvalue weighted by atomic mass is 35.5. The first kappa shape index (κ1) is 27.3. The zero-order chi connectivity index (χ0) is 26.4. The predicted octanol–water partition coefficient (Wildman–Crippen LogP) is 6.74. The molecule has 0 aliphatic carbocycles. The Morgan fingerprint density at radius 3 is 2.65 bits per heavy atom. The summed E-state index contributed by atoms with van der Waals surface area (Å²) in [6.07, 6.45) is 4.63. The minimum atomic E-state index is -0.261. The summed E-state index contributed by atoms with van der Waals surface area (Å²) in [7, 11) is 1.91. The van der Waals surface area contributed by atoms with Crippen LogP contribution in [-0.4, -0.2) is 47.0 Å². The second kappa shape index (κ2) is 12.2. The number of benzene rings is 2. The van der Waals surface area contributed by atoms with Crippen LogP contribution < -0.4 is 4.74 Å². The number of rotatable bonds is 10. The van der Waals surface area contributed by atoms with Crippen molar-refractivity contribution in [2.45, 2.75) is 59.2 Å². The van der Waals surface area contributed by atoms with Crippen molar-refractivity contribution in [3.05, 3.63) is 88.7 Å². The highest BCUT2D eigenvalue weighted by molar-refractivity contribution is 6.31. The van der Waals surface area contributed by atoms with Crippen LogP contribution in [0.5, 0.6) is 5.75 Å². The van der Waals surface area contributed by atoms with E-state index in [1.54, 1.807) is 0 Å². The smallest absolute Gasteiger partial charge is 0.223 e. The lowest BCUT2D eigenvalue weighted by molar-refractivity contribution is -0.135. The highest BCUT2D eigenvalue weighted by Crippen LogP contribution is 2.36.